The van der Waals surface area contributed by atoms with E-state index in [-0.39, 0.29) is 27.4 Å². The third-order valence-electron chi connectivity index (χ3n) is 3.69. The number of fused-ring (bicyclic) bond motifs is 1. The molecule has 0 unspecified atom stereocenters. The van der Waals surface area contributed by atoms with E-state index in [0.29, 0.717) is 5.39 Å². The maximum absolute atomic E-state index is 13.2. The summed E-state index contributed by atoms with van der Waals surface area (Å²) < 4.78 is 17.9. The van der Waals surface area contributed by atoms with Crippen molar-refractivity contribution in [2.24, 2.45) is 0 Å². The van der Waals surface area contributed by atoms with Crippen molar-refractivity contribution in [2.45, 2.75) is 0 Å². The molecule has 0 aliphatic rings. The number of amides is 1. The molecule has 0 saturated heterocycles. The minimum atomic E-state index is -0.721. The highest BCUT2D eigenvalue weighted by atomic mass is 35.5. The number of hydrogen-bond donors (Lipinski definition) is 2. The summed E-state index contributed by atoms with van der Waals surface area (Å²) in [6.07, 6.45) is 0. The monoisotopic (exact) mass is 374 g/mol. The number of pyridine rings is 1. The van der Waals surface area contributed by atoms with Crippen LogP contribution < -0.4 is 10.9 Å². The lowest BCUT2D eigenvalue weighted by Crippen LogP contribution is -2.23. The van der Waals surface area contributed by atoms with E-state index >= 15 is 0 Å². The Bertz CT molecular complexity index is 1090. The molecule has 0 saturated carbocycles. The van der Waals surface area contributed by atoms with E-state index in [1.54, 1.807) is 0 Å². The molecular formula is C18H12ClFN2O4. The molecular weight excluding hydrogens is 363 g/mol. The summed E-state index contributed by atoms with van der Waals surface area (Å²) in [6, 6.07) is 9.39. The summed E-state index contributed by atoms with van der Waals surface area (Å²) in [5.41, 5.74) is -0.241. The van der Waals surface area contributed by atoms with Gasteiger partial charge in [-0.05, 0) is 47.9 Å². The maximum atomic E-state index is 13.2. The van der Waals surface area contributed by atoms with E-state index < -0.39 is 23.3 Å². The number of carbonyl (C=O) groups is 2. The molecule has 132 valence electrons. The predicted molar refractivity (Wildman–Crippen MR) is 95.3 cm³/mol. The van der Waals surface area contributed by atoms with Crippen molar-refractivity contribution < 1.29 is 18.7 Å². The molecule has 26 heavy (non-hydrogen) atoms. The van der Waals surface area contributed by atoms with E-state index in [1.807, 2.05) is 0 Å². The molecule has 3 rings (SSSR count). The summed E-state index contributed by atoms with van der Waals surface area (Å²) in [5, 5.41) is 3.17. The quantitative estimate of drug-likeness (QED) is 0.688. The Hall–Kier alpha value is -3.19. The summed E-state index contributed by atoms with van der Waals surface area (Å²) in [7, 11) is 1.23. The maximum Gasteiger partial charge on any atom is 0.337 e. The standard InChI is InChI=1S/C18H12ClFN2O4/c1-26-18(25)10-3-5-13(19)15(7-10)22-17(24)12-6-9-2-4-11(20)8-14(9)21-16(12)23/h2-8H,1H3,(H,21,23)(H,22,24). The van der Waals surface area contributed by atoms with E-state index in [4.69, 9.17) is 11.6 Å². The Kier molecular flexibility index (Phi) is 4.73. The molecule has 0 spiro atoms. The van der Waals surface area contributed by atoms with Crippen LogP contribution in [-0.4, -0.2) is 24.0 Å². The number of rotatable bonds is 3. The fraction of sp³-hybridized carbons (Fsp3) is 0.0556. The number of esters is 1. The van der Waals surface area contributed by atoms with Crippen LogP contribution in [0.2, 0.25) is 5.02 Å². The predicted octanol–water partition coefficient (Wildman–Crippen LogP) is 3.36. The molecule has 8 heteroatoms. The van der Waals surface area contributed by atoms with E-state index in [1.165, 1.54) is 43.5 Å². The van der Waals surface area contributed by atoms with Gasteiger partial charge in [-0.1, -0.05) is 11.6 Å². The average Bonchev–Trinajstić information content (AvgIpc) is 2.62. The first-order valence-electron chi connectivity index (χ1n) is 7.41. The fourth-order valence-electron chi connectivity index (χ4n) is 2.40. The van der Waals surface area contributed by atoms with Gasteiger partial charge in [0.25, 0.3) is 11.5 Å². The van der Waals surface area contributed by atoms with E-state index in [2.05, 4.69) is 15.0 Å². The van der Waals surface area contributed by atoms with Gasteiger partial charge >= 0.3 is 5.97 Å². The number of hydrogen-bond acceptors (Lipinski definition) is 4. The van der Waals surface area contributed by atoms with Crippen molar-refractivity contribution >= 4 is 40.1 Å². The smallest absolute Gasteiger partial charge is 0.337 e. The van der Waals surface area contributed by atoms with Gasteiger partial charge in [-0.25, -0.2) is 9.18 Å². The molecule has 0 atom stereocenters. The number of methoxy groups -OCH3 is 1. The fourth-order valence-corrected chi connectivity index (χ4v) is 2.56. The van der Waals surface area contributed by atoms with Crippen LogP contribution in [0.3, 0.4) is 0 Å². The summed E-state index contributed by atoms with van der Waals surface area (Å²) in [6.45, 7) is 0. The SMILES string of the molecule is COC(=O)c1ccc(Cl)c(NC(=O)c2cc3ccc(F)cc3[nH]c2=O)c1. The largest absolute Gasteiger partial charge is 0.465 e. The van der Waals surface area contributed by atoms with Crippen molar-refractivity contribution in [3.63, 3.8) is 0 Å². The minimum Gasteiger partial charge on any atom is -0.465 e. The Balaban J connectivity index is 1.97. The summed E-state index contributed by atoms with van der Waals surface area (Å²) in [5.74, 6) is -1.82. The lowest BCUT2D eigenvalue weighted by Gasteiger charge is -2.09. The van der Waals surface area contributed by atoms with Gasteiger partial charge in [0.1, 0.15) is 11.4 Å². The molecule has 0 radical (unpaired) electrons. The van der Waals surface area contributed by atoms with Crippen molar-refractivity contribution in [3.05, 3.63) is 74.8 Å². The van der Waals surface area contributed by atoms with Crippen LogP contribution in [0.4, 0.5) is 10.1 Å². The van der Waals surface area contributed by atoms with Gasteiger partial charge in [-0.2, -0.15) is 0 Å². The third kappa shape index (κ3) is 3.43. The first kappa shape index (κ1) is 17.6. The van der Waals surface area contributed by atoms with Crippen molar-refractivity contribution in [1.29, 1.82) is 0 Å². The van der Waals surface area contributed by atoms with E-state index in [0.717, 1.165) is 6.07 Å². The van der Waals surface area contributed by atoms with Gasteiger partial charge in [0.15, 0.2) is 0 Å². The number of carbonyl (C=O) groups excluding carboxylic acids is 2. The highest BCUT2D eigenvalue weighted by Gasteiger charge is 2.16. The molecule has 0 fully saturated rings. The molecule has 0 bridgehead atoms. The zero-order valence-electron chi connectivity index (χ0n) is 13.4. The lowest BCUT2D eigenvalue weighted by molar-refractivity contribution is 0.0600. The Morgan fingerprint density at radius 1 is 1.15 bits per heavy atom. The van der Waals surface area contributed by atoms with Crippen LogP contribution in [0.15, 0.2) is 47.3 Å². The number of ether oxygens (including phenoxy) is 1. The van der Waals surface area contributed by atoms with Gasteiger partial charge in [-0.15, -0.1) is 0 Å². The number of benzene rings is 2. The molecule has 0 aliphatic carbocycles. The van der Waals surface area contributed by atoms with Crippen LogP contribution in [0, 0.1) is 5.82 Å². The second-order valence-corrected chi connectivity index (χ2v) is 5.79. The van der Waals surface area contributed by atoms with Gasteiger partial charge in [0, 0.05) is 0 Å². The third-order valence-corrected chi connectivity index (χ3v) is 4.02. The summed E-state index contributed by atoms with van der Waals surface area (Å²) in [4.78, 5) is 38.7. The van der Waals surface area contributed by atoms with Crippen LogP contribution >= 0.6 is 11.6 Å². The first-order valence-corrected chi connectivity index (χ1v) is 7.78. The molecule has 2 aromatic carbocycles. The Morgan fingerprint density at radius 2 is 1.92 bits per heavy atom. The Morgan fingerprint density at radius 3 is 2.65 bits per heavy atom. The molecule has 2 N–H and O–H groups in total. The minimum absolute atomic E-state index is 0.151. The molecule has 1 amide bonds. The molecule has 3 aromatic rings. The number of halogens is 2. The second kappa shape index (κ2) is 6.97. The number of anilines is 1. The number of aromatic amines is 1. The molecule has 1 aromatic heterocycles. The van der Waals surface area contributed by atoms with Crippen LogP contribution in [0.1, 0.15) is 20.7 Å². The van der Waals surface area contributed by atoms with Crippen molar-refractivity contribution in [2.75, 3.05) is 12.4 Å². The van der Waals surface area contributed by atoms with Crippen LogP contribution in [0.5, 0.6) is 0 Å². The Labute approximate surface area is 151 Å². The zero-order chi connectivity index (χ0) is 18.8. The topological polar surface area (TPSA) is 88.3 Å². The molecule has 1 heterocycles. The normalized spacial score (nSPS) is 10.6. The van der Waals surface area contributed by atoms with Crippen molar-refractivity contribution in [3.8, 4) is 0 Å². The highest BCUT2D eigenvalue weighted by Crippen LogP contribution is 2.24. The molecule has 0 aliphatic heterocycles. The average molecular weight is 375 g/mol. The first-order chi connectivity index (χ1) is 12.4. The van der Waals surface area contributed by atoms with Crippen LogP contribution in [0.25, 0.3) is 10.9 Å². The van der Waals surface area contributed by atoms with Gasteiger partial charge in [0.2, 0.25) is 0 Å². The lowest BCUT2D eigenvalue weighted by atomic mass is 10.1. The zero-order valence-corrected chi connectivity index (χ0v) is 14.2. The van der Waals surface area contributed by atoms with Gasteiger partial charge < -0.3 is 15.0 Å². The van der Waals surface area contributed by atoms with Gasteiger partial charge in [-0.3, -0.25) is 9.59 Å². The van der Waals surface area contributed by atoms with Crippen LogP contribution in [-0.2, 0) is 4.74 Å². The van der Waals surface area contributed by atoms with E-state index in [9.17, 15) is 18.8 Å². The molecule has 6 nitrogen and oxygen atoms in total. The number of aromatic nitrogens is 1. The second-order valence-electron chi connectivity index (χ2n) is 5.38. The highest BCUT2D eigenvalue weighted by molar-refractivity contribution is 6.34. The summed E-state index contributed by atoms with van der Waals surface area (Å²) >= 11 is 6.03. The number of H-pyrrole nitrogens is 1. The van der Waals surface area contributed by atoms with Crippen molar-refractivity contribution in [1.82, 2.24) is 4.98 Å². The van der Waals surface area contributed by atoms with Gasteiger partial charge in [0.05, 0.1) is 28.9 Å². The number of nitrogens with one attached hydrogen (secondary N) is 2.